The van der Waals surface area contributed by atoms with Crippen molar-refractivity contribution in [2.24, 2.45) is 17.8 Å². The van der Waals surface area contributed by atoms with E-state index in [2.05, 4.69) is 6.92 Å². The molecule has 96 valence electrons. The smallest absolute Gasteiger partial charge is 0.307 e. The van der Waals surface area contributed by atoms with E-state index in [9.17, 15) is 9.59 Å². The lowest BCUT2D eigenvalue weighted by atomic mass is 9.92. The number of rotatable bonds is 4. The van der Waals surface area contributed by atoms with Crippen molar-refractivity contribution < 1.29 is 14.7 Å². The molecule has 0 aromatic heterocycles. The van der Waals surface area contributed by atoms with Gasteiger partial charge in [-0.3, -0.25) is 9.59 Å². The van der Waals surface area contributed by atoms with Crippen molar-refractivity contribution in [3.63, 3.8) is 0 Å². The monoisotopic (exact) mass is 239 g/mol. The molecule has 4 nitrogen and oxygen atoms in total. The van der Waals surface area contributed by atoms with Gasteiger partial charge in [0.15, 0.2) is 0 Å². The minimum absolute atomic E-state index is 0.0762. The van der Waals surface area contributed by atoms with Gasteiger partial charge in [-0.15, -0.1) is 0 Å². The molecule has 0 aromatic rings. The number of carbonyl (C=O) groups excluding carboxylic acids is 1. The minimum atomic E-state index is -0.816. The number of hydrogen-bond acceptors (Lipinski definition) is 2. The van der Waals surface area contributed by atoms with Crippen LogP contribution in [-0.4, -0.2) is 35.0 Å². The molecule has 1 N–H and O–H groups in total. The van der Waals surface area contributed by atoms with Crippen LogP contribution in [0, 0.1) is 17.8 Å². The minimum Gasteiger partial charge on any atom is -0.481 e. The normalized spacial score (nSPS) is 29.1. The van der Waals surface area contributed by atoms with Crippen LogP contribution in [0.3, 0.4) is 0 Å². The zero-order chi connectivity index (χ0) is 12.4. The van der Waals surface area contributed by atoms with E-state index in [4.69, 9.17) is 5.11 Å². The average molecular weight is 239 g/mol. The summed E-state index contributed by atoms with van der Waals surface area (Å²) < 4.78 is 0. The lowest BCUT2D eigenvalue weighted by Crippen LogP contribution is -2.39. The average Bonchev–Trinajstić information content (AvgIpc) is 3.09. The maximum atomic E-state index is 12.0. The lowest BCUT2D eigenvalue weighted by Gasteiger charge is -2.32. The largest absolute Gasteiger partial charge is 0.481 e. The maximum absolute atomic E-state index is 12.0. The third-order valence-electron chi connectivity index (χ3n) is 4.05. The Morgan fingerprint density at radius 3 is 2.35 bits per heavy atom. The lowest BCUT2D eigenvalue weighted by molar-refractivity contribution is -0.142. The summed E-state index contributed by atoms with van der Waals surface area (Å²) in [4.78, 5) is 24.6. The zero-order valence-electron chi connectivity index (χ0n) is 10.4. The van der Waals surface area contributed by atoms with Gasteiger partial charge in [-0.25, -0.2) is 0 Å². The van der Waals surface area contributed by atoms with Crippen molar-refractivity contribution in [3.05, 3.63) is 0 Å². The second-order valence-electron chi connectivity index (χ2n) is 5.34. The summed E-state index contributed by atoms with van der Waals surface area (Å²) in [6.07, 6.45) is 5.18. The molecule has 1 amide bonds. The molecule has 1 aliphatic heterocycles. The van der Waals surface area contributed by atoms with Gasteiger partial charge in [0.05, 0.1) is 11.8 Å². The molecular weight excluding hydrogens is 218 g/mol. The number of likely N-dealkylation sites (tertiary alicyclic amines) is 1. The third kappa shape index (κ3) is 2.79. The van der Waals surface area contributed by atoms with Gasteiger partial charge in [0, 0.05) is 13.1 Å². The van der Waals surface area contributed by atoms with Crippen LogP contribution in [0.5, 0.6) is 0 Å². The molecule has 1 saturated heterocycles. The molecule has 2 aliphatic rings. The Morgan fingerprint density at radius 1 is 1.24 bits per heavy atom. The van der Waals surface area contributed by atoms with Gasteiger partial charge >= 0.3 is 5.97 Å². The van der Waals surface area contributed by atoms with Crippen molar-refractivity contribution in [1.29, 1.82) is 0 Å². The zero-order valence-corrected chi connectivity index (χ0v) is 10.4. The Kier molecular flexibility index (Phi) is 3.69. The predicted molar refractivity (Wildman–Crippen MR) is 63.4 cm³/mol. The summed E-state index contributed by atoms with van der Waals surface area (Å²) in [6.45, 7) is 3.85. The summed E-state index contributed by atoms with van der Waals surface area (Å²) in [5, 5.41) is 8.81. The van der Waals surface area contributed by atoms with Crippen LogP contribution in [0.2, 0.25) is 0 Å². The number of carboxylic acid groups (broad SMARTS) is 1. The van der Waals surface area contributed by atoms with Crippen LogP contribution in [0.4, 0.5) is 0 Å². The van der Waals surface area contributed by atoms with E-state index in [0.29, 0.717) is 6.42 Å². The highest BCUT2D eigenvalue weighted by Gasteiger charge is 2.49. The van der Waals surface area contributed by atoms with Crippen LogP contribution in [-0.2, 0) is 9.59 Å². The number of piperidine rings is 1. The van der Waals surface area contributed by atoms with E-state index in [-0.39, 0.29) is 11.8 Å². The topological polar surface area (TPSA) is 57.6 Å². The molecule has 0 spiro atoms. The second-order valence-corrected chi connectivity index (χ2v) is 5.34. The highest BCUT2D eigenvalue weighted by Crippen LogP contribution is 2.40. The van der Waals surface area contributed by atoms with Gasteiger partial charge in [0.1, 0.15) is 0 Å². The Bertz CT molecular complexity index is 308. The molecule has 1 aliphatic carbocycles. The molecule has 2 fully saturated rings. The SMILES string of the molecule is CCCC1CCN(C(=O)C2CC2C(=O)O)CC1. The van der Waals surface area contributed by atoms with Crippen LogP contribution in [0.15, 0.2) is 0 Å². The van der Waals surface area contributed by atoms with Crippen LogP contribution < -0.4 is 0 Å². The number of hydrogen-bond donors (Lipinski definition) is 1. The Morgan fingerprint density at radius 2 is 1.88 bits per heavy atom. The highest BCUT2D eigenvalue weighted by atomic mass is 16.4. The van der Waals surface area contributed by atoms with Gasteiger partial charge in [-0.2, -0.15) is 0 Å². The third-order valence-corrected chi connectivity index (χ3v) is 4.05. The fourth-order valence-electron chi connectivity index (χ4n) is 2.83. The predicted octanol–water partition coefficient (Wildman–Crippen LogP) is 1.75. The first-order valence-corrected chi connectivity index (χ1v) is 6.65. The van der Waals surface area contributed by atoms with E-state index in [1.807, 2.05) is 4.90 Å². The van der Waals surface area contributed by atoms with Crippen molar-refractivity contribution in [2.75, 3.05) is 13.1 Å². The van der Waals surface area contributed by atoms with Gasteiger partial charge < -0.3 is 10.0 Å². The van der Waals surface area contributed by atoms with E-state index in [1.54, 1.807) is 0 Å². The molecular formula is C13H21NO3. The van der Waals surface area contributed by atoms with E-state index >= 15 is 0 Å². The maximum Gasteiger partial charge on any atom is 0.307 e. The molecule has 2 rings (SSSR count). The molecule has 1 saturated carbocycles. The summed E-state index contributed by atoms with van der Waals surface area (Å²) in [5.41, 5.74) is 0. The number of carbonyl (C=O) groups is 2. The first-order chi connectivity index (χ1) is 8.13. The molecule has 2 atom stereocenters. The standard InChI is InChI=1S/C13H21NO3/c1-2-3-9-4-6-14(7-5-9)12(15)10-8-11(10)13(16)17/h9-11H,2-8H2,1H3,(H,16,17). The molecule has 1 heterocycles. The van der Waals surface area contributed by atoms with Crippen molar-refractivity contribution in [2.45, 2.75) is 39.0 Å². The van der Waals surface area contributed by atoms with E-state index < -0.39 is 11.9 Å². The van der Waals surface area contributed by atoms with Gasteiger partial charge in [0.25, 0.3) is 0 Å². The highest BCUT2D eigenvalue weighted by molar-refractivity contribution is 5.89. The fourth-order valence-corrected chi connectivity index (χ4v) is 2.83. The second kappa shape index (κ2) is 5.07. The summed E-state index contributed by atoms with van der Waals surface area (Å²) >= 11 is 0. The quantitative estimate of drug-likeness (QED) is 0.813. The molecule has 4 heteroatoms. The van der Waals surface area contributed by atoms with Gasteiger partial charge in [-0.1, -0.05) is 19.8 Å². The van der Waals surface area contributed by atoms with Crippen LogP contribution in [0.1, 0.15) is 39.0 Å². The van der Waals surface area contributed by atoms with Crippen molar-refractivity contribution in [1.82, 2.24) is 4.90 Å². The van der Waals surface area contributed by atoms with E-state index in [0.717, 1.165) is 31.8 Å². The van der Waals surface area contributed by atoms with Crippen LogP contribution >= 0.6 is 0 Å². The molecule has 0 aromatic carbocycles. The first-order valence-electron chi connectivity index (χ1n) is 6.65. The molecule has 0 radical (unpaired) electrons. The summed E-state index contributed by atoms with van der Waals surface area (Å²) in [5.74, 6) is -0.610. The number of nitrogens with zero attached hydrogens (tertiary/aromatic N) is 1. The molecule has 0 bridgehead atoms. The number of amides is 1. The Hall–Kier alpha value is -1.06. The van der Waals surface area contributed by atoms with Gasteiger partial charge in [-0.05, 0) is 25.2 Å². The number of aliphatic carboxylic acids is 1. The van der Waals surface area contributed by atoms with E-state index in [1.165, 1.54) is 12.8 Å². The van der Waals surface area contributed by atoms with Crippen molar-refractivity contribution >= 4 is 11.9 Å². The Balaban J connectivity index is 1.78. The molecule has 17 heavy (non-hydrogen) atoms. The van der Waals surface area contributed by atoms with Gasteiger partial charge in [0.2, 0.25) is 5.91 Å². The first kappa shape index (κ1) is 12.4. The Labute approximate surface area is 102 Å². The molecule has 2 unspecified atom stereocenters. The summed E-state index contributed by atoms with van der Waals surface area (Å²) in [7, 11) is 0. The number of carboxylic acids is 1. The van der Waals surface area contributed by atoms with Crippen LogP contribution in [0.25, 0.3) is 0 Å². The fraction of sp³-hybridized carbons (Fsp3) is 0.846. The summed E-state index contributed by atoms with van der Waals surface area (Å²) in [6, 6.07) is 0. The van der Waals surface area contributed by atoms with Crippen molar-refractivity contribution in [3.8, 4) is 0 Å².